The van der Waals surface area contributed by atoms with Crippen LogP contribution in [0.4, 0.5) is 0 Å². The second-order valence-electron chi connectivity index (χ2n) is 9.00. The van der Waals surface area contributed by atoms with Crippen LogP contribution in [0.3, 0.4) is 0 Å². The molecular formula is C19H30O4Si. The fraction of sp³-hybridized carbons (Fsp3) is 0.842. The normalized spacial score (nSPS) is 43.2. The Labute approximate surface area is 146 Å². The van der Waals surface area contributed by atoms with Crippen LogP contribution in [0.25, 0.3) is 0 Å². The summed E-state index contributed by atoms with van der Waals surface area (Å²) in [6.45, 7) is 9.80. The third-order valence-corrected chi connectivity index (χ3v) is 7.71. The van der Waals surface area contributed by atoms with Gasteiger partial charge in [0.25, 0.3) is 0 Å². The molecule has 24 heavy (non-hydrogen) atoms. The lowest BCUT2D eigenvalue weighted by Gasteiger charge is -2.47. The Balaban J connectivity index is 1.75. The second kappa shape index (κ2) is 5.50. The van der Waals surface area contributed by atoms with Gasteiger partial charge in [0.2, 0.25) is 0 Å². The molecule has 3 fully saturated rings. The molecule has 134 valence electrons. The Kier molecular flexibility index (Phi) is 3.88. The molecule has 1 unspecified atom stereocenters. The molecular weight excluding hydrogens is 320 g/mol. The van der Waals surface area contributed by atoms with Crippen molar-refractivity contribution in [2.45, 2.75) is 64.1 Å². The van der Waals surface area contributed by atoms with Crippen molar-refractivity contribution in [2.24, 2.45) is 23.2 Å². The number of hydrogen-bond acceptors (Lipinski definition) is 4. The fourth-order valence-electron chi connectivity index (χ4n) is 6.13. The van der Waals surface area contributed by atoms with Gasteiger partial charge in [0.1, 0.15) is 5.78 Å². The Morgan fingerprint density at radius 3 is 2.54 bits per heavy atom. The molecule has 5 heteroatoms. The summed E-state index contributed by atoms with van der Waals surface area (Å²) in [5.74, 6) is 0.906. The molecule has 4 aliphatic rings. The van der Waals surface area contributed by atoms with Gasteiger partial charge in [0.15, 0.2) is 14.1 Å². The molecule has 1 aliphatic heterocycles. The molecule has 1 spiro atoms. The van der Waals surface area contributed by atoms with Gasteiger partial charge in [0, 0.05) is 12.3 Å². The Morgan fingerprint density at radius 2 is 1.92 bits per heavy atom. The highest BCUT2D eigenvalue weighted by Crippen LogP contribution is 2.66. The van der Waals surface area contributed by atoms with Crippen LogP contribution in [0.1, 0.15) is 32.6 Å². The zero-order chi connectivity index (χ0) is 17.2. The van der Waals surface area contributed by atoms with Gasteiger partial charge in [-0.3, -0.25) is 4.79 Å². The Bertz CT molecular complexity index is 560. The monoisotopic (exact) mass is 350 g/mol. The Morgan fingerprint density at radius 1 is 1.21 bits per heavy atom. The largest absolute Gasteiger partial charge is 0.410 e. The van der Waals surface area contributed by atoms with Gasteiger partial charge in [-0.1, -0.05) is 12.2 Å². The standard InChI is InChI=1S/C19H30O4Si/c1-13(20)19-14(6-5-7-17(19)23-24(2,3)4)12-16-15(19)8-9-18(16)21-10-11-22-18/h5,7,14-17H,6,8-12H2,1-4H3/t14-,15-,16-,17?,19-/m0/s1. The lowest BCUT2D eigenvalue weighted by molar-refractivity contribution is -0.185. The lowest BCUT2D eigenvalue weighted by atomic mass is 9.61. The van der Waals surface area contributed by atoms with Gasteiger partial charge in [-0.05, 0) is 57.7 Å². The minimum absolute atomic E-state index is 0.0769. The maximum Gasteiger partial charge on any atom is 0.184 e. The van der Waals surface area contributed by atoms with Crippen LogP contribution in [-0.4, -0.2) is 39.2 Å². The van der Waals surface area contributed by atoms with Gasteiger partial charge >= 0.3 is 0 Å². The average Bonchev–Trinajstić information content (AvgIpc) is 3.15. The van der Waals surface area contributed by atoms with Crippen molar-refractivity contribution < 1.29 is 18.7 Å². The maximum atomic E-state index is 13.1. The summed E-state index contributed by atoms with van der Waals surface area (Å²) < 4.78 is 18.8. The van der Waals surface area contributed by atoms with E-state index in [9.17, 15) is 4.79 Å². The summed E-state index contributed by atoms with van der Waals surface area (Å²) in [5, 5.41) is 0. The third kappa shape index (κ3) is 2.24. The highest BCUT2D eigenvalue weighted by Gasteiger charge is 2.69. The van der Waals surface area contributed by atoms with E-state index in [1.54, 1.807) is 6.92 Å². The van der Waals surface area contributed by atoms with E-state index in [1.807, 2.05) is 0 Å². The molecule has 0 amide bonds. The summed E-state index contributed by atoms with van der Waals surface area (Å²) in [6.07, 6.45) is 8.29. The van der Waals surface area contributed by atoms with Crippen LogP contribution in [-0.2, 0) is 18.7 Å². The van der Waals surface area contributed by atoms with Crippen molar-refractivity contribution in [3.63, 3.8) is 0 Å². The van der Waals surface area contributed by atoms with Crippen molar-refractivity contribution in [2.75, 3.05) is 13.2 Å². The first kappa shape index (κ1) is 16.9. The molecule has 0 N–H and O–H groups in total. The van der Waals surface area contributed by atoms with Crippen LogP contribution >= 0.6 is 0 Å². The van der Waals surface area contributed by atoms with E-state index in [2.05, 4.69) is 31.8 Å². The first-order valence-electron chi connectivity index (χ1n) is 9.43. The number of carbonyl (C=O) groups is 1. The van der Waals surface area contributed by atoms with Crippen LogP contribution < -0.4 is 0 Å². The number of allylic oxidation sites excluding steroid dienone is 1. The van der Waals surface area contributed by atoms with Crippen LogP contribution in [0.2, 0.25) is 19.6 Å². The molecule has 0 aromatic carbocycles. The van der Waals surface area contributed by atoms with E-state index in [0.717, 1.165) is 25.7 Å². The zero-order valence-electron chi connectivity index (χ0n) is 15.3. The fourth-order valence-corrected chi connectivity index (χ4v) is 7.16. The van der Waals surface area contributed by atoms with E-state index in [-0.39, 0.29) is 11.5 Å². The molecule has 0 radical (unpaired) electrons. The number of hydrogen-bond donors (Lipinski definition) is 0. The van der Waals surface area contributed by atoms with Crippen molar-refractivity contribution in [3.05, 3.63) is 12.2 Å². The quantitative estimate of drug-likeness (QED) is 0.577. The molecule has 1 heterocycles. The van der Waals surface area contributed by atoms with E-state index < -0.39 is 14.1 Å². The molecule has 5 atom stereocenters. The average molecular weight is 351 g/mol. The first-order valence-corrected chi connectivity index (χ1v) is 12.8. The van der Waals surface area contributed by atoms with E-state index in [0.29, 0.717) is 36.8 Å². The molecule has 0 aromatic heterocycles. The summed E-state index contributed by atoms with van der Waals surface area (Å²) in [5.41, 5.74) is -0.376. The summed E-state index contributed by atoms with van der Waals surface area (Å²) in [7, 11) is -1.75. The molecule has 0 aromatic rings. The zero-order valence-corrected chi connectivity index (χ0v) is 16.3. The third-order valence-electron chi connectivity index (χ3n) is 6.75. The predicted octanol–water partition coefficient (Wildman–Crippen LogP) is 3.53. The smallest absolute Gasteiger partial charge is 0.184 e. The van der Waals surface area contributed by atoms with Gasteiger partial charge in [0.05, 0.1) is 24.7 Å². The van der Waals surface area contributed by atoms with E-state index in [4.69, 9.17) is 13.9 Å². The highest BCUT2D eigenvalue weighted by molar-refractivity contribution is 6.69. The van der Waals surface area contributed by atoms with Gasteiger partial charge in [-0.2, -0.15) is 0 Å². The van der Waals surface area contributed by atoms with Crippen molar-refractivity contribution >= 4 is 14.1 Å². The van der Waals surface area contributed by atoms with Crippen LogP contribution in [0.15, 0.2) is 12.2 Å². The van der Waals surface area contributed by atoms with Gasteiger partial charge in [-0.15, -0.1) is 0 Å². The molecule has 4 nitrogen and oxygen atoms in total. The lowest BCUT2D eigenvalue weighted by Crippen LogP contribution is -2.53. The van der Waals surface area contributed by atoms with Gasteiger partial charge < -0.3 is 13.9 Å². The van der Waals surface area contributed by atoms with Crippen molar-refractivity contribution in [3.8, 4) is 0 Å². The SMILES string of the molecule is CC(=O)[C@]12C(O[Si](C)(C)C)C=CC[C@H]1C[C@H]1[C@@H]2CCC12OCCO2. The second-order valence-corrected chi connectivity index (χ2v) is 13.5. The van der Waals surface area contributed by atoms with E-state index in [1.165, 1.54) is 0 Å². The summed E-state index contributed by atoms with van der Waals surface area (Å²) in [4.78, 5) is 13.1. The van der Waals surface area contributed by atoms with Crippen LogP contribution in [0.5, 0.6) is 0 Å². The predicted molar refractivity (Wildman–Crippen MR) is 94.0 cm³/mol. The topological polar surface area (TPSA) is 44.8 Å². The number of carbonyl (C=O) groups excluding carboxylic acids is 1. The van der Waals surface area contributed by atoms with Crippen LogP contribution in [0, 0.1) is 23.2 Å². The molecule has 0 bridgehead atoms. The number of Topliss-reactive ketones (excluding diaryl/α,β-unsaturated/α-hetero) is 1. The van der Waals surface area contributed by atoms with Gasteiger partial charge in [-0.25, -0.2) is 0 Å². The summed E-state index contributed by atoms with van der Waals surface area (Å²) in [6, 6.07) is 0. The number of rotatable bonds is 3. The summed E-state index contributed by atoms with van der Waals surface area (Å²) >= 11 is 0. The first-order chi connectivity index (χ1) is 11.3. The minimum Gasteiger partial charge on any atom is -0.410 e. The van der Waals surface area contributed by atoms with Crippen molar-refractivity contribution in [1.82, 2.24) is 0 Å². The molecule has 1 saturated heterocycles. The number of fused-ring (bicyclic) bond motifs is 4. The van der Waals surface area contributed by atoms with Crippen molar-refractivity contribution in [1.29, 1.82) is 0 Å². The molecule has 3 aliphatic carbocycles. The Hall–Kier alpha value is -0.493. The highest BCUT2D eigenvalue weighted by atomic mass is 28.4. The number of ether oxygens (including phenoxy) is 2. The van der Waals surface area contributed by atoms with E-state index >= 15 is 0 Å². The molecule has 4 rings (SSSR count). The molecule has 2 saturated carbocycles. The number of ketones is 1. The minimum atomic E-state index is -1.75. The maximum absolute atomic E-state index is 13.1.